The molecule has 0 saturated heterocycles. The van der Waals surface area contributed by atoms with Gasteiger partial charge in [0.25, 0.3) is 0 Å². The molecule has 134 valence electrons. The minimum atomic E-state index is -4.40. The van der Waals surface area contributed by atoms with Crippen molar-refractivity contribution in [3.63, 3.8) is 0 Å². The van der Waals surface area contributed by atoms with Crippen LogP contribution in [0.4, 0.5) is 13.2 Å². The average Bonchev–Trinajstić information content (AvgIpc) is 2.58. The number of thioether (sulfide) groups is 1. The van der Waals surface area contributed by atoms with Gasteiger partial charge < -0.3 is 9.47 Å². The monoisotopic (exact) mass is 369 g/mol. The molecule has 0 aliphatic carbocycles. The molecular weight excluding hydrogens is 351 g/mol. The number of aryl methyl sites for hydroxylation is 1. The second-order valence-corrected chi connectivity index (χ2v) is 6.39. The molecule has 0 radical (unpaired) electrons. The molecule has 0 bridgehead atoms. The summed E-state index contributed by atoms with van der Waals surface area (Å²) in [6.07, 6.45) is -3.64. The van der Waals surface area contributed by atoms with E-state index in [0.717, 1.165) is 34.0 Å². The number of halogens is 3. The summed E-state index contributed by atoms with van der Waals surface area (Å²) < 4.78 is 48.0. The lowest BCUT2D eigenvalue weighted by Crippen LogP contribution is -2.07. The maximum Gasteiger partial charge on any atom is 0.417 e. The molecule has 0 fully saturated rings. The van der Waals surface area contributed by atoms with Crippen LogP contribution in [0.2, 0.25) is 0 Å². The zero-order chi connectivity index (χ0) is 18.4. The number of hydrogen-bond donors (Lipinski definition) is 0. The number of ether oxygens (including phenoxy) is 2. The van der Waals surface area contributed by atoms with Gasteiger partial charge >= 0.3 is 6.18 Å². The highest BCUT2D eigenvalue weighted by atomic mass is 32.2. The molecule has 0 aliphatic heterocycles. The number of pyridine rings is 1. The summed E-state index contributed by atoms with van der Waals surface area (Å²) in [6.45, 7) is 6.08. The molecule has 2 aromatic rings. The summed E-state index contributed by atoms with van der Waals surface area (Å²) in [4.78, 5) is 4.74. The van der Waals surface area contributed by atoms with E-state index in [1.807, 2.05) is 25.1 Å². The molecule has 1 aromatic heterocycles. The average molecular weight is 369 g/mol. The van der Waals surface area contributed by atoms with Crippen molar-refractivity contribution in [1.29, 1.82) is 0 Å². The number of hydrogen-bond acceptors (Lipinski definition) is 4. The van der Waals surface area contributed by atoms with Gasteiger partial charge in [-0.15, -0.1) is 11.8 Å². The first-order valence-corrected chi connectivity index (χ1v) is 8.38. The van der Waals surface area contributed by atoms with E-state index < -0.39 is 11.7 Å². The van der Waals surface area contributed by atoms with Gasteiger partial charge in [0.2, 0.25) is 5.88 Å². The Kier molecular flexibility index (Phi) is 6.36. The van der Waals surface area contributed by atoms with E-state index in [0.29, 0.717) is 5.75 Å². The molecule has 1 aromatic carbocycles. The van der Waals surface area contributed by atoms with Crippen LogP contribution in [-0.4, -0.2) is 24.5 Å². The third-order valence-electron chi connectivity index (χ3n) is 3.30. The SMILES string of the molecule is C=C(COc1ccc(C(F)(F)F)cn1)CSc1ccc(OC)c(C)c1. The van der Waals surface area contributed by atoms with Gasteiger partial charge in [-0.3, -0.25) is 0 Å². The first kappa shape index (κ1) is 19.2. The number of alkyl halides is 3. The van der Waals surface area contributed by atoms with Gasteiger partial charge in [-0.1, -0.05) is 6.58 Å². The van der Waals surface area contributed by atoms with E-state index in [2.05, 4.69) is 11.6 Å². The molecule has 0 spiro atoms. The lowest BCUT2D eigenvalue weighted by atomic mass is 10.2. The normalized spacial score (nSPS) is 11.2. The fourth-order valence-corrected chi connectivity index (χ4v) is 2.86. The van der Waals surface area contributed by atoms with Crippen molar-refractivity contribution in [1.82, 2.24) is 4.98 Å². The van der Waals surface area contributed by atoms with Gasteiger partial charge in [0.15, 0.2) is 0 Å². The molecule has 25 heavy (non-hydrogen) atoms. The van der Waals surface area contributed by atoms with Crippen LogP contribution in [0.25, 0.3) is 0 Å². The Bertz CT molecular complexity index is 730. The number of methoxy groups -OCH3 is 1. The molecule has 0 unspecified atom stereocenters. The van der Waals surface area contributed by atoms with E-state index in [-0.39, 0.29) is 12.5 Å². The van der Waals surface area contributed by atoms with Gasteiger partial charge in [-0.25, -0.2) is 4.98 Å². The molecule has 0 atom stereocenters. The Hall–Kier alpha value is -2.15. The zero-order valence-corrected chi connectivity index (χ0v) is 14.7. The summed E-state index contributed by atoms with van der Waals surface area (Å²) in [6, 6.07) is 8.04. The Morgan fingerprint density at radius 3 is 2.56 bits per heavy atom. The first-order chi connectivity index (χ1) is 11.8. The number of aromatic nitrogens is 1. The molecule has 0 aliphatic rings. The number of nitrogens with zero attached hydrogens (tertiary/aromatic N) is 1. The van der Waals surface area contributed by atoms with Crippen molar-refractivity contribution in [2.45, 2.75) is 18.0 Å². The Morgan fingerprint density at radius 2 is 2.00 bits per heavy atom. The summed E-state index contributed by atoms with van der Waals surface area (Å²) in [5, 5.41) is 0. The van der Waals surface area contributed by atoms with E-state index in [4.69, 9.17) is 9.47 Å². The van der Waals surface area contributed by atoms with Gasteiger partial charge in [0.05, 0.1) is 12.7 Å². The van der Waals surface area contributed by atoms with E-state index in [1.165, 1.54) is 6.07 Å². The highest BCUT2D eigenvalue weighted by Crippen LogP contribution is 2.29. The van der Waals surface area contributed by atoms with Crippen LogP contribution in [0, 0.1) is 6.92 Å². The predicted molar refractivity (Wildman–Crippen MR) is 92.3 cm³/mol. The number of benzene rings is 1. The van der Waals surface area contributed by atoms with E-state index in [1.54, 1.807) is 18.9 Å². The van der Waals surface area contributed by atoms with Gasteiger partial charge in [-0.2, -0.15) is 13.2 Å². The summed E-state index contributed by atoms with van der Waals surface area (Å²) >= 11 is 1.60. The third-order valence-corrected chi connectivity index (χ3v) is 4.44. The van der Waals surface area contributed by atoms with E-state index >= 15 is 0 Å². The van der Waals surface area contributed by atoms with E-state index in [9.17, 15) is 13.2 Å². The predicted octanol–water partition coefficient (Wildman–Crippen LogP) is 5.14. The summed E-state index contributed by atoms with van der Waals surface area (Å²) in [5.74, 6) is 1.60. The Labute approximate surface area is 148 Å². The largest absolute Gasteiger partial charge is 0.496 e. The van der Waals surface area contributed by atoms with Crippen molar-refractivity contribution >= 4 is 11.8 Å². The van der Waals surface area contributed by atoms with Crippen molar-refractivity contribution in [3.8, 4) is 11.6 Å². The highest BCUT2D eigenvalue weighted by Gasteiger charge is 2.30. The van der Waals surface area contributed by atoms with Crippen LogP contribution in [0.1, 0.15) is 11.1 Å². The third kappa shape index (κ3) is 5.70. The fourth-order valence-electron chi connectivity index (χ4n) is 1.98. The van der Waals surface area contributed by atoms with Crippen LogP contribution in [-0.2, 0) is 6.18 Å². The van der Waals surface area contributed by atoms with Crippen molar-refractivity contribution < 1.29 is 22.6 Å². The van der Waals surface area contributed by atoms with Gasteiger partial charge in [-0.05, 0) is 42.3 Å². The van der Waals surface area contributed by atoms with Crippen LogP contribution in [0.5, 0.6) is 11.6 Å². The molecule has 1 heterocycles. The van der Waals surface area contributed by atoms with Crippen LogP contribution >= 0.6 is 11.8 Å². The van der Waals surface area contributed by atoms with Crippen molar-refractivity contribution in [2.24, 2.45) is 0 Å². The molecule has 0 saturated carbocycles. The molecule has 0 amide bonds. The lowest BCUT2D eigenvalue weighted by molar-refractivity contribution is -0.137. The lowest BCUT2D eigenvalue weighted by Gasteiger charge is -2.10. The standard InChI is InChI=1S/C18H18F3NO2S/c1-12(11-25-15-5-6-16(23-3)13(2)8-15)10-24-17-7-4-14(9-22-17)18(19,20)21/h4-9H,1,10-11H2,2-3H3. The van der Waals surface area contributed by atoms with Crippen LogP contribution in [0.15, 0.2) is 53.6 Å². The Morgan fingerprint density at radius 1 is 1.24 bits per heavy atom. The highest BCUT2D eigenvalue weighted by molar-refractivity contribution is 7.99. The minimum Gasteiger partial charge on any atom is -0.496 e. The van der Waals surface area contributed by atoms with Crippen molar-refractivity contribution in [3.05, 3.63) is 59.8 Å². The fraction of sp³-hybridized carbons (Fsp3) is 0.278. The molecular formula is C18H18F3NO2S. The van der Waals surface area contributed by atoms with Crippen LogP contribution in [0.3, 0.4) is 0 Å². The minimum absolute atomic E-state index is 0.138. The topological polar surface area (TPSA) is 31.4 Å². The molecule has 7 heteroatoms. The second kappa shape index (κ2) is 8.29. The maximum atomic E-state index is 12.5. The maximum absolute atomic E-state index is 12.5. The van der Waals surface area contributed by atoms with Gasteiger partial charge in [0.1, 0.15) is 12.4 Å². The summed E-state index contributed by atoms with van der Waals surface area (Å²) in [5.41, 5.74) is 1.05. The molecule has 3 nitrogen and oxygen atoms in total. The van der Waals surface area contributed by atoms with Crippen molar-refractivity contribution in [2.75, 3.05) is 19.5 Å². The smallest absolute Gasteiger partial charge is 0.417 e. The number of rotatable bonds is 7. The second-order valence-electron chi connectivity index (χ2n) is 5.34. The summed E-state index contributed by atoms with van der Waals surface area (Å²) in [7, 11) is 1.63. The van der Waals surface area contributed by atoms with Gasteiger partial charge in [0, 0.05) is 22.9 Å². The molecule has 0 N–H and O–H groups in total. The zero-order valence-electron chi connectivity index (χ0n) is 13.9. The quantitative estimate of drug-likeness (QED) is 0.499. The first-order valence-electron chi connectivity index (χ1n) is 7.39. The van der Waals surface area contributed by atoms with Crippen LogP contribution < -0.4 is 9.47 Å². The Balaban J connectivity index is 1.82. The molecule has 2 rings (SSSR count).